The number of urea groups is 1. The number of rotatable bonds is 10. The Morgan fingerprint density at radius 2 is 1.75 bits per heavy atom. The van der Waals surface area contributed by atoms with Gasteiger partial charge in [-0.3, -0.25) is 10.0 Å². The molecule has 0 unspecified atom stereocenters. The largest absolute Gasteiger partial charge is 0.497 e. The Bertz CT molecular complexity index is 1160. The van der Waals surface area contributed by atoms with Crippen LogP contribution in [-0.2, 0) is 19.4 Å². The third-order valence-corrected chi connectivity index (χ3v) is 8.54. The fourth-order valence-electron chi connectivity index (χ4n) is 3.90. The summed E-state index contributed by atoms with van der Waals surface area (Å²) >= 11 is 0. The monoisotopic (exact) mass is 521 g/mol. The molecule has 0 aromatic heterocycles. The Kier molecular flexibility index (Phi) is 9.13. The lowest BCUT2D eigenvalue weighted by Gasteiger charge is -2.34. The number of amides is 3. The van der Waals surface area contributed by atoms with Crippen LogP contribution in [-0.4, -0.2) is 63.8 Å². The first-order valence-electron chi connectivity index (χ1n) is 11.4. The van der Waals surface area contributed by atoms with Crippen molar-refractivity contribution in [2.45, 2.75) is 35.8 Å². The molecule has 11 nitrogen and oxygen atoms in total. The second-order valence-corrected chi connectivity index (χ2v) is 10.5. The number of aryl methyl sites for hydroxylation is 1. The maximum Gasteiger partial charge on any atom is 0.319 e. The Balaban J connectivity index is 1.48. The lowest BCUT2D eigenvalue weighted by molar-refractivity contribution is -0.134. The lowest BCUT2D eigenvalue weighted by Crippen LogP contribution is -2.54. The van der Waals surface area contributed by atoms with Gasteiger partial charge in [0.05, 0.1) is 18.6 Å². The minimum Gasteiger partial charge on any atom is -0.497 e. The molecule has 3 amide bonds. The lowest BCUT2D eigenvalue weighted by atomic mass is 9.98. The summed E-state index contributed by atoms with van der Waals surface area (Å²) in [5, 5.41) is 14.7. The molecule has 0 radical (unpaired) electrons. The van der Waals surface area contributed by atoms with Crippen LogP contribution in [0.25, 0.3) is 0 Å². The van der Waals surface area contributed by atoms with E-state index in [1.165, 1.54) is 29.7 Å². The molecule has 0 saturated carbocycles. The van der Waals surface area contributed by atoms with Gasteiger partial charge in [-0.1, -0.05) is 0 Å². The number of sulfone groups is 1. The standard InChI is InChI=1S/C24H31N3O8S/c1-17-16-19(33-2)6-9-21(17)26-23(29)25-12-3-13-35-18-4-7-20(8-5-18)36(31,32)24(22(28)27-30)10-14-34-15-11-24/h4-9,16,30H,3,10-15H2,1-2H3,(H,27,28)(H2,25,26,29). The van der Waals surface area contributed by atoms with Crippen molar-refractivity contribution in [2.75, 3.05) is 38.8 Å². The summed E-state index contributed by atoms with van der Waals surface area (Å²) in [6.45, 7) is 2.73. The molecule has 196 valence electrons. The van der Waals surface area contributed by atoms with Gasteiger partial charge in [0, 0.05) is 25.4 Å². The zero-order valence-corrected chi connectivity index (χ0v) is 21.0. The molecule has 3 rings (SSSR count). The number of carbonyl (C=O) groups excluding carboxylic acids is 2. The molecule has 1 aliphatic rings. The second-order valence-electron chi connectivity index (χ2n) is 8.29. The number of hydrogen-bond acceptors (Lipinski definition) is 8. The van der Waals surface area contributed by atoms with Gasteiger partial charge in [0.15, 0.2) is 14.6 Å². The van der Waals surface area contributed by atoms with Crippen LogP contribution in [0.2, 0.25) is 0 Å². The van der Waals surface area contributed by atoms with Crippen LogP contribution in [0.5, 0.6) is 11.5 Å². The van der Waals surface area contributed by atoms with E-state index in [0.717, 1.165) is 5.56 Å². The molecule has 0 aliphatic carbocycles. The smallest absolute Gasteiger partial charge is 0.319 e. The van der Waals surface area contributed by atoms with Crippen molar-refractivity contribution in [3.8, 4) is 11.5 Å². The van der Waals surface area contributed by atoms with Gasteiger partial charge in [0.1, 0.15) is 11.5 Å². The van der Waals surface area contributed by atoms with E-state index < -0.39 is 20.5 Å². The topological polar surface area (TPSA) is 152 Å². The highest BCUT2D eigenvalue weighted by Crippen LogP contribution is 2.35. The first-order chi connectivity index (χ1) is 17.2. The number of hydrogen-bond donors (Lipinski definition) is 4. The Morgan fingerprint density at radius 3 is 2.36 bits per heavy atom. The van der Waals surface area contributed by atoms with Crippen LogP contribution in [0.1, 0.15) is 24.8 Å². The SMILES string of the molecule is COc1ccc(NC(=O)NCCCOc2ccc(S(=O)(=O)C3(C(=O)NO)CCOCC3)cc2)c(C)c1. The van der Waals surface area contributed by atoms with E-state index in [9.17, 15) is 18.0 Å². The van der Waals surface area contributed by atoms with Crippen molar-refractivity contribution >= 4 is 27.5 Å². The molecule has 1 fully saturated rings. The fraction of sp³-hybridized carbons (Fsp3) is 0.417. The average Bonchev–Trinajstić information content (AvgIpc) is 2.89. The molecule has 1 heterocycles. The van der Waals surface area contributed by atoms with Crippen molar-refractivity contribution in [1.82, 2.24) is 10.8 Å². The van der Waals surface area contributed by atoms with E-state index >= 15 is 0 Å². The van der Waals surface area contributed by atoms with Gasteiger partial charge >= 0.3 is 6.03 Å². The summed E-state index contributed by atoms with van der Waals surface area (Å²) in [6, 6.07) is 10.8. The third kappa shape index (κ3) is 6.07. The number of nitrogens with one attached hydrogen (secondary N) is 3. The van der Waals surface area contributed by atoms with E-state index in [0.29, 0.717) is 36.8 Å². The number of benzene rings is 2. The maximum atomic E-state index is 13.2. The van der Waals surface area contributed by atoms with Crippen molar-refractivity contribution in [3.63, 3.8) is 0 Å². The number of anilines is 1. The van der Waals surface area contributed by atoms with Crippen LogP contribution in [0.4, 0.5) is 10.5 Å². The predicted molar refractivity (Wildman–Crippen MR) is 131 cm³/mol. The summed E-state index contributed by atoms with van der Waals surface area (Å²) in [7, 11) is -2.51. The van der Waals surface area contributed by atoms with E-state index in [2.05, 4.69) is 10.6 Å². The number of ether oxygens (including phenoxy) is 3. The molecule has 4 N–H and O–H groups in total. The van der Waals surface area contributed by atoms with E-state index in [-0.39, 0.29) is 37.0 Å². The first-order valence-corrected chi connectivity index (χ1v) is 12.9. The molecule has 0 spiro atoms. The van der Waals surface area contributed by atoms with Gasteiger partial charge in [-0.15, -0.1) is 0 Å². The van der Waals surface area contributed by atoms with E-state index in [1.54, 1.807) is 19.2 Å². The number of carbonyl (C=O) groups is 2. The number of methoxy groups -OCH3 is 1. The highest BCUT2D eigenvalue weighted by atomic mass is 32.2. The highest BCUT2D eigenvalue weighted by molar-refractivity contribution is 7.93. The van der Waals surface area contributed by atoms with Gasteiger partial charge in [0.25, 0.3) is 5.91 Å². The zero-order valence-electron chi connectivity index (χ0n) is 20.2. The summed E-state index contributed by atoms with van der Waals surface area (Å²) in [6.07, 6.45) is 0.409. The molecule has 12 heteroatoms. The molecule has 0 atom stereocenters. The van der Waals surface area contributed by atoms with Crippen molar-refractivity contribution in [1.29, 1.82) is 0 Å². The van der Waals surface area contributed by atoms with Crippen molar-refractivity contribution in [2.24, 2.45) is 0 Å². The first kappa shape index (κ1) is 27.2. The van der Waals surface area contributed by atoms with Gasteiger partial charge in [-0.25, -0.2) is 18.7 Å². The molecule has 2 aromatic carbocycles. The molecule has 1 saturated heterocycles. The van der Waals surface area contributed by atoms with E-state index in [1.807, 2.05) is 13.0 Å². The van der Waals surface area contributed by atoms with Gasteiger partial charge in [-0.05, 0) is 74.2 Å². The third-order valence-electron chi connectivity index (χ3n) is 6.02. The molecule has 0 bridgehead atoms. The van der Waals surface area contributed by atoms with Gasteiger partial charge < -0.3 is 24.8 Å². The quantitative estimate of drug-likeness (QED) is 0.211. The minimum atomic E-state index is -4.09. The average molecular weight is 522 g/mol. The van der Waals surface area contributed by atoms with Crippen LogP contribution in [0, 0.1) is 6.92 Å². The van der Waals surface area contributed by atoms with Crippen LogP contribution in [0.15, 0.2) is 47.4 Å². The molecular formula is C24H31N3O8S. The van der Waals surface area contributed by atoms with Crippen LogP contribution in [0.3, 0.4) is 0 Å². The summed E-state index contributed by atoms with van der Waals surface area (Å²) in [5.74, 6) is 0.185. The predicted octanol–water partition coefficient (Wildman–Crippen LogP) is 2.42. The summed E-state index contributed by atoms with van der Waals surface area (Å²) < 4.78 is 40.7. The fourth-order valence-corrected chi connectivity index (χ4v) is 5.83. The molecular weight excluding hydrogens is 490 g/mol. The normalized spacial score (nSPS) is 15.0. The van der Waals surface area contributed by atoms with Gasteiger partial charge in [0.2, 0.25) is 0 Å². The second kappa shape index (κ2) is 12.1. The zero-order chi connectivity index (χ0) is 26.2. The minimum absolute atomic E-state index is 0.0486. The highest BCUT2D eigenvalue weighted by Gasteiger charge is 2.52. The summed E-state index contributed by atoms with van der Waals surface area (Å²) in [4.78, 5) is 24.4. The van der Waals surface area contributed by atoms with Crippen LogP contribution >= 0.6 is 0 Å². The Labute approximate surface area is 210 Å². The molecule has 1 aliphatic heterocycles. The Morgan fingerprint density at radius 1 is 1.08 bits per heavy atom. The number of hydroxylamine groups is 1. The van der Waals surface area contributed by atoms with Crippen molar-refractivity contribution < 1.29 is 37.4 Å². The molecule has 2 aromatic rings. The Hall–Kier alpha value is -3.35. The summed E-state index contributed by atoms with van der Waals surface area (Å²) in [5.41, 5.74) is 3.05. The van der Waals surface area contributed by atoms with Gasteiger partial charge in [-0.2, -0.15) is 0 Å². The van der Waals surface area contributed by atoms with E-state index in [4.69, 9.17) is 19.4 Å². The van der Waals surface area contributed by atoms with Crippen LogP contribution < -0.4 is 25.6 Å². The van der Waals surface area contributed by atoms with Crippen molar-refractivity contribution in [3.05, 3.63) is 48.0 Å². The molecule has 36 heavy (non-hydrogen) atoms. The maximum absolute atomic E-state index is 13.2.